The summed E-state index contributed by atoms with van der Waals surface area (Å²) in [5.74, 6) is 2.04. The fraction of sp³-hybridized carbons (Fsp3) is 0.767. The first-order valence-corrected chi connectivity index (χ1v) is 14.3. The number of benzene rings is 1. The number of aliphatic hydroxyl groups is 1. The van der Waals surface area contributed by atoms with Crippen molar-refractivity contribution in [3.05, 3.63) is 23.5 Å². The monoisotopic (exact) mass is 511 g/mol. The average molecular weight is 512 g/mol. The van der Waals surface area contributed by atoms with Gasteiger partial charge in [0.2, 0.25) is 0 Å². The lowest BCUT2D eigenvalue weighted by atomic mass is 9.43. The molecule has 0 saturated heterocycles. The molecule has 202 valence electrons. The number of ether oxygens (including phenoxy) is 1. The Morgan fingerprint density at radius 2 is 1.95 bits per heavy atom. The van der Waals surface area contributed by atoms with Crippen LogP contribution in [-0.2, 0) is 16.1 Å². The van der Waals surface area contributed by atoms with Crippen molar-refractivity contribution < 1.29 is 19.0 Å². The van der Waals surface area contributed by atoms with E-state index in [1.165, 1.54) is 17.2 Å². The highest BCUT2D eigenvalue weighted by Crippen LogP contribution is 2.68. The maximum absolute atomic E-state index is 14.7. The van der Waals surface area contributed by atoms with Crippen LogP contribution in [0.4, 0.5) is 4.39 Å². The van der Waals surface area contributed by atoms with Gasteiger partial charge in [-0.25, -0.2) is 9.07 Å². The maximum Gasteiger partial charge on any atom is 0.157 e. The zero-order valence-electron chi connectivity index (χ0n) is 22.8. The van der Waals surface area contributed by atoms with Crippen molar-refractivity contribution in [1.29, 1.82) is 0 Å². The SMILES string of the molecule is COC[C@]12CC[C@@](C)(O)C[C@@H]1CC[C@H]1[C@@H]3CC[C@H](C(=O)Cn4nnc5cc(C)cc(F)c54)[C@@]3(C)CC[C@@H]12. The minimum atomic E-state index is -0.563. The van der Waals surface area contributed by atoms with Crippen LogP contribution in [0, 0.1) is 53.2 Å². The summed E-state index contributed by atoms with van der Waals surface area (Å²) in [5.41, 5.74) is 1.20. The number of halogens is 1. The number of ketones is 1. The van der Waals surface area contributed by atoms with Crippen molar-refractivity contribution in [1.82, 2.24) is 15.0 Å². The molecule has 4 aliphatic carbocycles. The molecule has 1 heterocycles. The summed E-state index contributed by atoms with van der Waals surface area (Å²) < 4.78 is 22.1. The van der Waals surface area contributed by atoms with E-state index in [-0.39, 0.29) is 34.9 Å². The maximum atomic E-state index is 14.7. The normalized spacial score (nSPS) is 41.3. The third-order valence-electron chi connectivity index (χ3n) is 11.5. The van der Waals surface area contributed by atoms with E-state index in [1.54, 1.807) is 0 Å². The molecule has 4 aliphatic rings. The lowest BCUT2D eigenvalue weighted by Gasteiger charge is -2.62. The number of methoxy groups -OCH3 is 1. The number of carbonyl (C=O) groups is 1. The van der Waals surface area contributed by atoms with Gasteiger partial charge in [-0.3, -0.25) is 4.79 Å². The topological polar surface area (TPSA) is 77.2 Å². The van der Waals surface area contributed by atoms with Gasteiger partial charge in [0, 0.05) is 13.0 Å². The molecule has 8 atom stereocenters. The van der Waals surface area contributed by atoms with Crippen LogP contribution >= 0.6 is 0 Å². The second-order valence-corrected chi connectivity index (χ2v) is 13.5. The van der Waals surface area contributed by atoms with Crippen LogP contribution in [-0.4, -0.2) is 45.2 Å². The van der Waals surface area contributed by atoms with E-state index in [0.717, 1.165) is 63.5 Å². The van der Waals surface area contributed by atoms with E-state index < -0.39 is 5.60 Å². The molecule has 0 spiro atoms. The Hall–Kier alpha value is -1.86. The highest BCUT2D eigenvalue weighted by molar-refractivity contribution is 5.84. The van der Waals surface area contributed by atoms with Gasteiger partial charge in [-0.05, 0) is 124 Å². The minimum absolute atomic E-state index is 0.0191. The molecule has 4 fully saturated rings. The average Bonchev–Trinajstić information content (AvgIpc) is 3.39. The second-order valence-electron chi connectivity index (χ2n) is 13.5. The van der Waals surface area contributed by atoms with Crippen LogP contribution in [0.15, 0.2) is 12.1 Å². The van der Waals surface area contributed by atoms with E-state index in [1.807, 2.05) is 27.0 Å². The van der Waals surface area contributed by atoms with Gasteiger partial charge in [0.1, 0.15) is 17.6 Å². The summed E-state index contributed by atoms with van der Waals surface area (Å²) in [4.78, 5) is 13.8. The van der Waals surface area contributed by atoms with Gasteiger partial charge in [-0.1, -0.05) is 12.1 Å². The van der Waals surface area contributed by atoms with Gasteiger partial charge in [0.15, 0.2) is 11.6 Å². The smallest absolute Gasteiger partial charge is 0.157 e. The lowest BCUT2D eigenvalue weighted by molar-refractivity contribution is -0.175. The van der Waals surface area contributed by atoms with Gasteiger partial charge < -0.3 is 9.84 Å². The molecule has 7 heteroatoms. The van der Waals surface area contributed by atoms with Crippen molar-refractivity contribution in [2.75, 3.05) is 13.7 Å². The van der Waals surface area contributed by atoms with Gasteiger partial charge in [-0.2, -0.15) is 0 Å². The van der Waals surface area contributed by atoms with Crippen LogP contribution in [0.5, 0.6) is 0 Å². The summed E-state index contributed by atoms with van der Waals surface area (Å²) in [6, 6.07) is 3.30. The molecule has 0 bridgehead atoms. The summed E-state index contributed by atoms with van der Waals surface area (Å²) in [6.45, 7) is 7.07. The molecule has 1 aromatic heterocycles. The van der Waals surface area contributed by atoms with Crippen molar-refractivity contribution in [3.63, 3.8) is 0 Å². The van der Waals surface area contributed by atoms with E-state index in [0.29, 0.717) is 34.7 Å². The first-order chi connectivity index (χ1) is 17.6. The van der Waals surface area contributed by atoms with E-state index >= 15 is 0 Å². The lowest BCUT2D eigenvalue weighted by Crippen LogP contribution is -2.58. The number of nitrogens with zero attached hydrogens (tertiary/aromatic N) is 3. The molecule has 0 aliphatic heterocycles. The number of hydrogen-bond donors (Lipinski definition) is 1. The molecular formula is C30H42FN3O3. The van der Waals surface area contributed by atoms with Crippen molar-refractivity contribution in [2.24, 2.45) is 40.4 Å². The number of hydrogen-bond acceptors (Lipinski definition) is 5. The quantitative estimate of drug-likeness (QED) is 0.575. The Bertz CT molecular complexity index is 1210. The first kappa shape index (κ1) is 25.4. The van der Waals surface area contributed by atoms with Crippen LogP contribution in [0.1, 0.15) is 77.2 Å². The summed E-state index contributed by atoms with van der Waals surface area (Å²) in [5, 5.41) is 19.2. The van der Waals surface area contributed by atoms with Crippen molar-refractivity contribution >= 4 is 16.8 Å². The first-order valence-electron chi connectivity index (χ1n) is 14.3. The molecule has 37 heavy (non-hydrogen) atoms. The standard InChI is InChI=1S/C30H42FN3O3/c1-18-13-24(31)27-25(14-18)32-33-34(27)16-26(35)23-8-7-21-20-6-5-19-15-28(2,36)11-12-30(19,17-37-4)22(20)9-10-29(21,23)3/h13-14,19-23,36H,5-12,15-17H2,1-4H3/t19-,20-,21-,22-,23+,28+,29-,30+/m0/s1. The Balaban J connectivity index is 1.24. The summed E-state index contributed by atoms with van der Waals surface area (Å²) in [6.07, 6.45) is 9.28. The van der Waals surface area contributed by atoms with Crippen LogP contribution in [0.2, 0.25) is 0 Å². The van der Waals surface area contributed by atoms with Crippen LogP contribution < -0.4 is 0 Å². The number of carbonyl (C=O) groups excluding carboxylic acids is 1. The highest BCUT2D eigenvalue weighted by Gasteiger charge is 2.63. The number of aryl methyl sites for hydroxylation is 1. The Morgan fingerprint density at radius 1 is 1.14 bits per heavy atom. The van der Waals surface area contributed by atoms with Crippen LogP contribution in [0.25, 0.3) is 11.0 Å². The van der Waals surface area contributed by atoms with Gasteiger partial charge in [0.05, 0.1) is 12.2 Å². The molecule has 2 aromatic rings. The number of fused-ring (bicyclic) bond motifs is 6. The minimum Gasteiger partial charge on any atom is -0.390 e. The zero-order valence-corrected chi connectivity index (χ0v) is 22.8. The van der Waals surface area contributed by atoms with Gasteiger partial charge in [-0.15, -0.1) is 5.10 Å². The molecule has 1 N–H and O–H groups in total. The molecular weight excluding hydrogens is 469 g/mol. The van der Waals surface area contributed by atoms with E-state index in [4.69, 9.17) is 4.74 Å². The Labute approximate surface area is 219 Å². The molecule has 0 unspecified atom stereocenters. The number of aromatic nitrogens is 3. The highest BCUT2D eigenvalue weighted by atomic mass is 19.1. The molecule has 4 saturated carbocycles. The molecule has 6 nitrogen and oxygen atoms in total. The van der Waals surface area contributed by atoms with E-state index in [9.17, 15) is 14.3 Å². The predicted molar refractivity (Wildman–Crippen MR) is 139 cm³/mol. The van der Waals surface area contributed by atoms with Crippen LogP contribution in [0.3, 0.4) is 0 Å². The zero-order chi connectivity index (χ0) is 26.2. The molecule has 0 radical (unpaired) electrons. The Morgan fingerprint density at radius 3 is 2.73 bits per heavy atom. The Kier molecular flexibility index (Phi) is 6.07. The largest absolute Gasteiger partial charge is 0.390 e. The molecule has 1 aromatic carbocycles. The van der Waals surface area contributed by atoms with Crippen molar-refractivity contribution in [2.45, 2.75) is 90.7 Å². The fourth-order valence-corrected chi connectivity index (χ4v) is 9.88. The van der Waals surface area contributed by atoms with Gasteiger partial charge >= 0.3 is 0 Å². The third-order valence-corrected chi connectivity index (χ3v) is 11.5. The fourth-order valence-electron chi connectivity index (χ4n) is 9.88. The summed E-state index contributed by atoms with van der Waals surface area (Å²) in [7, 11) is 1.83. The third kappa shape index (κ3) is 3.90. The molecule has 0 amide bonds. The summed E-state index contributed by atoms with van der Waals surface area (Å²) >= 11 is 0. The second kappa shape index (κ2) is 8.84. The number of rotatable bonds is 5. The number of Topliss-reactive ketones (excluding diaryl/α,β-unsaturated/α-hetero) is 1. The predicted octanol–water partition coefficient (Wildman–Crippen LogP) is 5.48. The molecule has 6 rings (SSSR count). The van der Waals surface area contributed by atoms with Gasteiger partial charge in [0.25, 0.3) is 0 Å². The van der Waals surface area contributed by atoms with E-state index in [2.05, 4.69) is 17.2 Å². The van der Waals surface area contributed by atoms with Crippen molar-refractivity contribution in [3.8, 4) is 0 Å².